The minimum absolute atomic E-state index is 0.144. The number of nitrogens with one attached hydrogen (secondary N) is 1. The summed E-state index contributed by atoms with van der Waals surface area (Å²) in [5, 5.41) is 3.32. The molecule has 1 atom stereocenters. The molecule has 1 aliphatic heterocycles. The van der Waals surface area contributed by atoms with Gasteiger partial charge in [-0.2, -0.15) is 0 Å². The first-order valence-electron chi connectivity index (χ1n) is 6.74. The van der Waals surface area contributed by atoms with Crippen LogP contribution in [0.25, 0.3) is 0 Å². The maximum absolute atomic E-state index is 12.1. The summed E-state index contributed by atoms with van der Waals surface area (Å²) in [5.74, 6) is -0.144. The van der Waals surface area contributed by atoms with E-state index in [1.807, 2.05) is 0 Å². The van der Waals surface area contributed by atoms with Crippen molar-refractivity contribution in [2.45, 2.75) is 44.7 Å². The summed E-state index contributed by atoms with van der Waals surface area (Å²) in [6.07, 6.45) is 4.43. The predicted molar refractivity (Wildman–Crippen MR) is 73.5 cm³/mol. The first-order chi connectivity index (χ1) is 8.55. The van der Waals surface area contributed by atoms with Crippen molar-refractivity contribution in [1.82, 2.24) is 10.2 Å². The van der Waals surface area contributed by atoms with E-state index >= 15 is 0 Å². The van der Waals surface area contributed by atoms with Crippen molar-refractivity contribution >= 4 is 5.97 Å². The van der Waals surface area contributed by atoms with Gasteiger partial charge in [-0.3, -0.25) is 10.1 Å². The number of methoxy groups -OCH3 is 1. The highest BCUT2D eigenvalue weighted by Crippen LogP contribution is 2.25. The van der Waals surface area contributed by atoms with Crippen LogP contribution in [0.2, 0.25) is 0 Å². The quantitative estimate of drug-likeness (QED) is 0.597. The molecule has 1 rings (SSSR count). The van der Waals surface area contributed by atoms with E-state index in [1.54, 1.807) is 6.08 Å². The fourth-order valence-corrected chi connectivity index (χ4v) is 2.59. The van der Waals surface area contributed by atoms with Crippen LogP contribution in [0, 0.1) is 0 Å². The molecule has 0 aromatic heterocycles. The molecule has 18 heavy (non-hydrogen) atoms. The zero-order valence-electron chi connectivity index (χ0n) is 11.9. The Morgan fingerprint density at radius 2 is 2.22 bits per heavy atom. The SMILES string of the molecule is C=CCNC1(C(=O)OC)CCCN(C(C)C)CC1. The van der Waals surface area contributed by atoms with Crippen LogP contribution in [0.15, 0.2) is 12.7 Å². The van der Waals surface area contributed by atoms with Gasteiger partial charge in [-0.1, -0.05) is 6.08 Å². The third-order valence-electron chi connectivity index (χ3n) is 3.77. The molecule has 0 aromatic carbocycles. The van der Waals surface area contributed by atoms with Crippen molar-refractivity contribution in [2.75, 3.05) is 26.7 Å². The van der Waals surface area contributed by atoms with Crippen LogP contribution in [0.1, 0.15) is 33.1 Å². The highest BCUT2D eigenvalue weighted by molar-refractivity contribution is 5.80. The fraction of sp³-hybridized carbons (Fsp3) is 0.786. The monoisotopic (exact) mass is 254 g/mol. The summed E-state index contributed by atoms with van der Waals surface area (Å²) in [6.45, 7) is 10.7. The zero-order chi connectivity index (χ0) is 13.6. The van der Waals surface area contributed by atoms with Crippen molar-refractivity contribution in [3.05, 3.63) is 12.7 Å². The van der Waals surface area contributed by atoms with Crippen LogP contribution in [-0.4, -0.2) is 49.2 Å². The second-order valence-electron chi connectivity index (χ2n) is 5.23. The van der Waals surface area contributed by atoms with Crippen LogP contribution in [0.4, 0.5) is 0 Å². The van der Waals surface area contributed by atoms with Crippen LogP contribution in [-0.2, 0) is 9.53 Å². The van der Waals surface area contributed by atoms with Gasteiger partial charge in [0, 0.05) is 19.1 Å². The number of hydrogen-bond donors (Lipinski definition) is 1. The summed E-state index contributed by atoms with van der Waals surface area (Å²) in [7, 11) is 1.46. The van der Waals surface area contributed by atoms with E-state index in [0.717, 1.165) is 32.4 Å². The molecule has 0 aliphatic carbocycles. The summed E-state index contributed by atoms with van der Waals surface area (Å²) < 4.78 is 4.99. The highest BCUT2D eigenvalue weighted by atomic mass is 16.5. The van der Waals surface area contributed by atoms with Gasteiger partial charge in [0.2, 0.25) is 0 Å². The topological polar surface area (TPSA) is 41.6 Å². The number of carbonyl (C=O) groups is 1. The Balaban J connectivity index is 2.77. The van der Waals surface area contributed by atoms with Crippen molar-refractivity contribution < 1.29 is 9.53 Å². The average molecular weight is 254 g/mol. The minimum atomic E-state index is -0.535. The van der Waals surface area contributed by atoms with Crippen LogP contribution < -0.4 is 5.32 Å². The molecule has 1 saturated heterocycles. The predicted octanol–water partition coefficient (Wildman–Crippen LogP) is 1.57. The third-order valence-corrected chi connectivity index (χ3v) is 3.77. The minimum Gasteiger partial charge on any atom is -0.468 e. The van der Waals surface area contributed by atoms with E-state index in [1.165, 1.54) is 7.11 Å². The molecule has 4 nitrogen and oxygen atoms in total. The van der Waals surface area contributed by atoms with Gasteiger partial charge >= 0.3 is 5.97 Å². The first-order valence-corrected chi connectivity index (χ1v) is 6.74. The summed E-state index contributed by atoms with van der Waals surface area (Å²) in [5.41, 5.74) is -0.535. The van der Waals surface area contributed by atoms with Gasteiger partial charge in [-0.25, -0.2) is 0 Å². The van der Waals surface area contributed by atoms with Gasteiger partial charge < -0.3 is 9.64 Å². The van der Waals surface area contributed by atoms with E-state index in [-0.39, 0.29) is 5.97 Å². The van der Waals surface area contributed by atoms with E-state index in [9.17, 15) is 4.79 Å². The summed E-state index contributed by atoms with van der Waals surface area (Å²) in [6, 6.07) is 0.526. The maximum atomic E-state index is 12.1. The molecule has 4 heteroatoms. The second-order valence-corrected chi connectivity index (χ2v) is 5.23. The summed E-state index contributed by atoms with van der Waals surface area (Å²) in [4.78, 5) is 14.5. The molecular formula is C14H26N2O2. The standard InChI is InChI=1S/C14H26N2O2/c1-5-9-15-14(13(17)18-4)7-6-10-16(11-8-14)12(2)3/h5,12,15H,1,6-11H2,2-4H3. The van der Waals surface area contributed by atoms with E-state index < -0.39 is 5.54 Å². The second kappa shape index (κ2) is 6.90. The lowest BCUT2D eigenvalue weighted by molar-refractivity contribution is -0.149. The largest absolute Gasteiger partial charge is 0.468 e. The number of nitrogens with zero attached hydrogens (tertiary/aromatic N) is 1. The van der Waals surface area contributed by atoms with Gasteiger partial charge in [-0.15, -0.1) is 6.58 Å². The molecule has 0 bridgehead atoms. The maximum Gasteiger partial charge on any atom is 0.326 e. The number of ether oxygens (including phenoxy) is 1. The van der Waals surface area contributed by atoms with Crippen molar-refractivity contribution in [3.63, 3.8) is 0 Å². The van der Waals surface area contributed by atoms with E-state index in [2.05, 4.69) is 30.6 Å². The molecule has 0 spiro atoms. The molecular weight excluding hydrogens is 228 g/mol. The first kappa shape index (κ1) is 15.2. The van der Waals surface area contributed by atoms with Gasteiger partial charge in [0.1, 0.15) is 5.54 Å². The summed E-state index contributed by atoms with van der Waals surface area (Å²) >= 11 is 0. The Kier molecular flexibility index (Phi) is 5.82. The fourth-order valence-electron chi connectivity index (χ4n) is 2.59. The molecule has 104 valence electrons. The zero-order valence-corrected chi connectivity index (χ0v) is 11.9. The van der Waals surface area contributed by atoms with Crippen LogP contribution in [0.3, 0.4) is 0 Å². The molecule has 1 heterocycles. The number of rotatable bonds is 5. The Hall–Kier alpha value is -0.870. The van der Waals surface area contributed by atoms with E-state index in [0.29, 0.717) is 12.6 Å². The van der Waals surface area contributed by atoms with Gasteiger partial charge in [0.05, 0.1) is 7.11 Å². The van der Waals surface area contributed by atoms with Crippen molar-refractivity contribution in [3.8, 4) is 0 Å². The molecule has 0 aromatic rings. The third kappa shape index (κ3) is 3.56. The number of hydrogen-bond acceptors (Lipinski definition) is 4. The van der Waals surface area contributed by atoms with Gasteiger partial charge in [0.25, 0.3) is 0 Å². The Bertz CT molecular complexity index is 292. The van der Waals surface area contributed by atoms with Crippen molar-refractivity contribution in [1.29, 1.82) is 0 Å². The van der Waals surface area contributed by atoms with E-state index in [4.69, 9.17) is 4.74 Å². The number of likely N-dealkylation sites (tertiary alicyclic amines) is 1. The van der Waals surface area contributed by atoms with Crippen molar-refractivity contribution in [2.24, 2.45) is 0 Å². The van der Waals surface area contributed by atoms with Gasteiger partial charge in [0.15, 0.2) is 0 Å². The molecule has 1 unspecified atom stereocenters. The van der Waals surface area contributed by atoms with Crippen LogP contribution in [0.5, 0.6) is 0 Å². The average Bonchev–Trinajstić information content (AvgIpc) is 2.59. The molecule has 1 fully saturated rings. The number of carbonyl (C=O) groups excluding carboxylic acids is 1. The molecule has 1 N–H and O–H groups in total. The normalized spacial score (nSPS) is 25.8. The van der Waals surface area contributed by atoms with Gasteiger partial charge in [-0.05, 0) is 39.7 Å². The highest BCUT2D eigenvalue weighted by Gasteiger charge is 2.40. The lowest BCUT2D eigenvalue weighted by Crippen LogP contribution is -2.53. The molecule has 0 amide bonds. The smallest absolute Gasteiger partial charge is 0.326 e. The van der Waals surface area contributed by atoms with Crippen LogP contribution >= 0.6 is 0 Å². The Morgan fingerprint density at radius 3 is 2.78 bits per heavy atom. The lowest BCUT2D eigenvalue weighted by Gasteiger charge is -2.31. The number of esters is 1. The Labute approximate surface area is 110 Å². The lowest BCUT2D eigenvalue weighted by atomic mass is 9.90. The molecule has 1 aliphatic rings. The molecule has 0 radical (unpaired) electrons. The molecule has 0 saturated carbocycles. The Morgan fingerprint density at radius 1 is 1.50 bits per heavy atom.